The highest BCUT2D eigenvalue weighted by Crippen LogP contribution is 2.12. The first-order chi connectivity index (χ1) is 9.94. The van der Waals surface area contributed by atoms with Gasteiger partial charge in [-0.05, 0) is 13.0 Å². The first kappa shape index (κ1) is 16.0. The van der Waals surface area contributed by atoms with E-state index in [0.29, 0.717) is 32.7 Å². The van der Waals surface area contributed by atoms with Crippen molar-refractivity contribution in [3.8, 4) is 0 Å². The second-order valence-electron chi connectivity index (χ2n) is 5.25. The Balaban J connectivity index is 1.88. The topological polar surface area (TPSA) is 75.5 Å². The van der Waals surface area contributed by atoms with Gasteiger partial charge in [0.1, 0.15) is 0 Å². The number of carbonyl (C=O) groups excluding carboxylic acids is 1. The number of nitrogens with zero attached hydrogens (tertiary/aromatic N) is 4. The summed E-state index contributed by atoms with van der Waals surface area (Å²) in [5.74, 6) is -0.00492. The molecule has 0 radical (unpaired) electrons. The van der Waals surface area contributed by atoms with Crippen LogP contribution in [0.4, 0.5) is 0 Å². The summed E-state index contributed by atoms with van der Waals surface area (Å²) in [5, 5.41) is 4.10. The zero-order valence-electron chi connectivity index (χ0n) is 12.5. The number of sulfonamides is 1. The standard InChI is InChI=1S/C13H22N4O3S/c1-3-21(19,20)17-9-7-15(8-10-17)13(18)12(2)11-16-6-4-5-14-16/h4-6,12H,3,7-11H2,1-2H3. The third-order valence-electron chi connectivity index (χ3n) is 3.75. The number of hydrogen-bond donors (Lipinski definition) is 0. The highest BCUT2D eigenvalue weighted by atomic mass is 32.2. The van der Waals surface area contributed by atoms with Crippen molar-refractivity contribution in [2.24, 2.45) is 5.92 Å². The van der Waals surface area contributed by atoms with Crippen molar-refractivity contribution >= 4 is 15.9 Å². The molecule has 7 nitrogen and oxygen atoms in total. The van der Waals surface area contributed by atoms with Crippen molar-refractivity contribution in [1.29, 1.82) is 0 Å². The molecule has 1 aliphatic heterocycles. The molecule has 0 spiro atoms. The van der Waals surface area contributed by atoms with Gasteiger partial charge < -0.3 is 4.90 Å². The van der Waals surface area contributed by atoms with Crippen molar-refractivity contribution in [2.75, 3.05) is 31.9 Å². The smallest absolute Gasteiger partial charge is 0.227 e. The van der Waals surface area contributed by atoms with E-state index in [4.69, 9.17) is 0 Å². The molecule has 1 saturated heterocycles. The average molecular weight is 314 g/mol. The Morgan fingerprint density at radius 2 is 1.95 bits per heavy atom. The molecule has 1 aromatic rings. The summed E-state index contributed by atoms with van der Waals surface area (Å²) in [6, 6.07) is 1.82. The van der Waals surface area contributed by atoms with Gasteiger partial charge >= 0.3 is 0 Å². The number of carbonyl (C=O) groups is 1. The van der Waals surface area contributed by atoms with E-state index in [2.05, 4.69) is 5.10 Å². The first-order valence-electron chi connectivity index (χ1n) is 7.18. The third kappa shape index (κ3) is 3.82. The monoisotopic (exact) mass is 314 g/mol. The molecule has 21 heavy (non-hydrogen) atoms. The number of rotatable bonds is 5. The Morgan fingerprint density at radius 1 is 1.29 bits per heavy atom. The van der Waals surface area contributed by atoms with Gasteiger partial charge in [-0.3, -0.25) is 9.48 Å². The molecule has 8 heteroatoms. The van der Waals surface area contributed by atoms with Crippen LogP contribution >= 0.6 is 0 Å². The molecule has 1 unspecified atom stereocenters. The predicted octanol–water partition coefficient (Wildman–Crippen LogP) is 0.0131. The van der Waals surface area contributed by atoms with Crippen molar-refractivity contribution < 1.29 is 13.2 Å². The van der Waals surface area contributed by atoms with Gasteiger partial charge in [0.15, 0.2) is 0 Å². The number of piperazine rings is 1. The summed E-state index contributed by atoms with van der Waals surface area (Å²) in [6.07, 6.45) is 3.51. The molecular formula is C13H22N4O3S. The molecule has 2 heterocycles. The quantitative estimate of drug-likeness (QED) is 0.767. The Kier molecular flexibility index (Phi) is 5.00. The summed E-state index contributed by atoms with van der Waals surface area (Å²) < 4.78 is 26.8. The maximum Gasteiger partial charge on any atom is 0.227 e. The third-order valence-corrected chi connectivity index (χ3v) is 5.63. The van der Waals surface area contributed by atoms with Gasteiger partial charge in [-0.2, -0.15) is 9.40 Å². The highest BCUT2D eigenvalue weighted by molar-refractivity contribution is 7.89. The van der Waals surface area contributed by atoms with Crippen molar-refractivity contribution in [3.05, 3.63) is 18.5 Å². The lowest BCUT2D eigenvalue weighted by Gasteiger charge is -2.35. The predicted molar refractivity (Wildman–Crippen MR) is 79.0 cm³/mol. The molecule has 1 fully saturated rings. The molecule has 0 aromatic carbocycles. The van der Waals surface area contributed by atoms with Crippen molar-refractivity contribution in [2.45, 2.75) is 20.4 Å². The minimum absolute atomic E-state index is 0.0547. The van der Waals surface area contributed by atoms with Gasteiger partial charge in [-0.15, -0.1) is 0 Å². The van der Waals surface area contributed by atoms with Crippen LogP contribution in [0.1, 0.15) is 13.8 Å². The summed E-state index contributed by atoms with van der Waals surface area (Å²) in [4.78, 5) is 14.1. The van der Waals surface area contributed by atoms with E-state index in [0.717, 1.165) is 0 Å². The molecular weight excluding hydrogens is 292 g/mol. The number of aromatic nitrogens is 2. The van der Waals surface area contributed by atoms with E-state index in [-0.39, 0.29) is 17.6 Å². The molecule has 0 saturated carbocycles. The van der Waals surface area contributed by atoms with Crippen LogP contribution in [0.25, 0.3) is 0 Å². The van der Waals surface area contributed by atoms with E-state index < -0.39 is 10.0 Å². The molecule has 1 atom stereocenters. The van der Waals surface area contributed by atoms with Gasteiger partial charge in [0.05, 0.1) is 18.2 Å². The van der Waals surface area contributed by atoms with Crippen LogP contribution in [-0.2, 0) is 21.4 Å². The minimum atomic E-state index is -3.15. The molecule has 0 bridgehead atoms. The summed E-state index contributed by atoms with van der Waals surface area (Å²) in [6.45, 7) is 5.74. The molecule has 1 aliphatic rings. The Morgan fingerprint density at radius 3 is 2.48 bits per heavy atom. The van der Waals surface area contributed by atoms with Crippen molar-refractivity contribution in [1.82, 2.24) is 19.0 Å². The fourth-order valence-electron chi connectivity index (χ4n) is 2.45. The summed E-state index contributed by atoms with van der Waals surface area (Å²) in [7, 11) is -3.15. The molecule has 2 rings (SSSR count). The first-order valence-corrected chi connectivity index (χ1v) is 8.79. The van der Waals surface area contributed by atoms with Crippen LogP contribution in [0.2, 0.25) is 0 Å². The Bertz CT molecular complexity index is 562. The van der Waals surface area contributed by atoms with Crippen LogP contribution in [0.5, 0.6) is 0 Å². The fourth-order valence-corrected chi connectivity index (χ4v) is 3.53. The molecule has 118 valence electrons. The van der Waals surface area contributed by atoms with Gasteiger partial charge in [0, 0.05) is 38.6 Å². The lowest BCUT2D eigenvalue weighted by molar-refractivity contribution is -0.136. The van der Waals surface area contributed by atoms with Crippen molar-refractivity contribution in [3.63, 3.8) is 0 Å². The zero-order chi connectivity index (χ0) is 15.5. The zero-order valence-corrected chi connectivity index (χ0v) is 13.3. The van der Waals surface area contributed by atoms with Crippen LogP contribution < -0.4 is 0 Å². The maximum atomic E-state index is 12.4. The van der Waals surface area contributed by atoms with E-state index >= 15 is 0 Å². The SMILES string of the molecule is CCS(=O)(=O)N1CCN(C(=O)C(C)Cn2cccn2)CC1. The minimum Gasteiger partial charge on any atom is -0.340 e. The van der Waals surface area contributed by atoms with Gasteiger partial charge in [0.2, 0.25) is 15.9 Å². The molecule has 0 N–H and O–H groups in total. The van der Waals surface area contributed by atoms with E-state index in [1.165, 1.54) is 4.31 Å². The summed E-state index contributed by atoms with van der Waals surface area (Å²) >= 11 is 0. The van der Waals surface area contributed by atoms with Crippen LogP contribution in [0.15, 0.2) is 18.5 Å². The Labute approximate surface area is 125 Å². The fraction of sp³-hybridized carbons (Fsp3) is 0.692. The van der Waals surface area contributed by atoms with Crippen LogP contribution in [-0.4, -0.2) is 65.2 Å². The molecule has 1 aromatic heterocycles. The molecule has 0 aliphatic carbocycles. The second kappa shape index (κ2) is 6.57. The normalized spacial score (nSPS) is 18.7. The lowest BCUT2D eigenvalue weighted by atomic mass is 10.1. The largest absolute Gasteiger partial charge is 0.340 e. The molecule has 1 amide bonds. The lowest BCUT2D eigenvalue weighted by Crippen LogP contribution is -2.52. The van der Waals surface area contributed by atoms with Crippen LogP contribution in [0.3, 0.4) is 0 Å². The Hall–Kier alpha value is -1.41. The van der Waals surface area contributed by atoms with E-state index in [9.17, 15) is 13.2 Å². The maximum absolute atomic E-state index is 12.4. The number of hydrogen-bond acceptors (Lipinski definition) is 4. The van der Waals surface area contributed by atoms with Gasteiger partial charge in [-0.25, -0.2) is 8.42 Å². The van der Waals surface area contributed by atoms with E-state index in [1.807, 2.05) is 19.2 Å². The van der Waals surface area contributed by atoms with Gasteiger partial charge in [-0.1, -0.05) is 6.92 Å². The highest BCUT2D eigenvalue weighted by Gasteiger charge is 2.29. The number of amides is 1. The van der Waals surface area contributed by atoms with E-state index in [1.54, 1.807) is 22.7 Å². The average Bonchev–Trinajstić information content (AvgIpc) is 2.99. The van der Waals surface area contributed by atoms with Gasteiger partial charge in [0.25, 0.3) is 0 Å². The van der Waals surface area contributed by atoms with Crippen LogP contribution in [0, 0.1) is 5.92 Å². The summed E-state index contributed by atoms with van der Waals surface area (Å²) in [5.41, 5.74) is 0. The second-order valence-corrected chi connectivity index (χ2v) is 7.51.